The van der Waals surface area contributed by atoms with Crippen LogP contribution < -0.4 is 10.6 Å². The highest BCUT2D eigenvalue weighted by molar-refractivity contribution is 14.0. The van der Waals surface area contributed by atoms with Crippen LogP contribution in [0.1, 0.15) is 48.8 Å². The number of halogens is 1. The molecule has 2 heterocycles. The fourth-order valence-electron chi connectivity index (χ4n) is 3.32. The Morgan fingerprint density at radius 2 is 1.75 bits per heavy atom. The number of aryl methyl sites for hydroxylation is 1. The second-order valence-corrected chi connectivity index (χ2v) is 7.07. The topological polar surface area (TPSA) is 65.7 Å². The maximum absolute atomic E-state index is 5.29. The SMILES string of the molecule is CCc1cc(CNC(=NC)NCc2ccc(CN3CCCCC3)cc2)on1.I. The van der Waals surface area contributed by atoms with E-state index in [0.717, 1.165) is 36.9 Å². The Kier molecular flexibility index (Phi) is 9.77. The van der Waals surface area contributed by atoms with Crippen LogP contribution in [-0.2, 0) is 26.1 Å². The van der Waals surface area contributed by atoms with Crippen LogP contribution in [0.15, 0.2) is 39.8 Å². The molecule has 28 heavy (non-hydrogen) atoms. The van der Waals surface area contributed by atoms with Crippen LogP contribution in [0.3, 0.4) is 0 Å². The molecule has 1 fully saturated rings. The van der Waals surface area contributed by atoms with E-state index in [2.05, 4.69) is 56.9 Å². The van der Waals surface area contributed by atoms with E-state index in [1.165, 1.54) is 43.5 Å². The number of aliphatic imine (C=N–C) groups is 1. The van der Waals surface area contributed by atoms with Crippen LogP contribution in [0, 0.1) is 0 Å². The maximum Gasteiger partial charge on any atom is 0.191 e. The summed E-state index contributed by atoms with van der Waals surface area (Å²) < 4.78 is 5.29. The predicted molar refractivity (Wildman–Crippen MR) is 124 cm³/mol. The molecule has 0 amide bonds. The van der Waals surface area contributed by atoms with Crippen LogP contribution >= 0.6 is 24.0 Å². The van der Waals surface area contributed by atoms with Gasteiger partial charge in [0.15, 0.2) is 11.7 Å². The highest BCUT2D eigenvalue weighted by atomic mass is 127. The number of hydrogen-bond acceptors (Lipinski definition) is 4. The first-order chi connectivity index (χ1) is 13.3. The van der Waals surface area contributed by atoms with Gasteiger partial charge in [-0.15, -0.1) is 24.0 Å². The lowest BCUT2D eigenvalue weighted by molar-refractivity contribution is 0.221. The summed E-state index contributed by atoms with van der Waals surface area (Å²) in [5.74, 6) is 1.57. The number of hydrogen-bond donors (Lipinski definition) is 2. The van der Waals surface area contributed by atoms with Crippen molar-refractivity contribution in [3.05, 3.63) is 52.9 Å². The van der Waals surface area contributed by atoms with Gasteiger partial charge < -0.3 is 15.2 Å². The van der Waals surface area contributed by atoms with Crippen molar-refractivity contribution in [1.29, 1.82) is 0 Å². The lowest BCUT2D eigenvalue weighted by atomic mass is 10.1. The number of likely N-dealkylation sites (tertiary alicyclic amines) is 1. The van der Waals surface area contributed by atoms with E-state index >= 15 is 0 Å². The number of rotatable bonds is 7. The van der Waals surface area contributed by atoms with E-state index in [4.69, 9.17) is 4.52 Å². The minimum absolute atomic E-state index is 0. The van der Waals surface area contributed by atoms with Crippen molar-refractivity contribution < 1.29 is 4.52 Å². The molecule has 0 atom stereocenters. The minimum atomic E-state index is 0. The fourth-order valence-corrected chi connectivity index (χ4v) is 3.32. The van der Waals surface area contributed by atoms with Gasteiger partial charge in [-0.05, 0) is 43.5 Å². The van der Waals surface area contributed by atoms with Gasteiger partial charge in [-0.1, -0.05) is 42.8 Å². The molecule has 0 radical (unpaired) electrons. The number of guanidine groups is 1. The van der Waals surface area contributed by atoms with Crippen LogP contribution in [0.2, 0.25) is 0 Å². The van der Waals surface area contributed by atoms with Crippen LogP contribution in [0.4, 0.5) is 0 Å². The monoisotopic (exact) mass is 497 g/mol. The summed E-state index contributed by atoms with van der Waals surface area (Å²) in [5, 5.41) is 10.6. The van der Waals surface area contributed by atoms with Crippen molar-refractivity contribution in [2.75, 3.05) is 20.1 Å². The molecule has 2 aromatic rings. The molecule has 6 nitrogen and oxygen atoms in total. The van der Waals surface area contributed by atoms with Crippen molar-refractivity contribution in [1.82, 2.24) is 20.7 Å². The molecule has 1 aliphatic heterocycles. The third-order valence-corrected chi connectivity index (χ3v) is 4.96. The Labute approximate surface area is 185 Å². The van der Waals surface area contributed by atoms with E-state index in [-0.39, 0.29) is 24.0 Å². The first kappa shape index (κ1) is 22.7. The molecule has 0 unspecified atom stereocenters. The molecule has 2 N–H and O–H groups in total. The molecule has 154 valence electrons. The molecule has 0 bridgehead atoms. The van der Waals surface area contributed by atoms with Gasteiger partial charge in [0, 0.05) is 26.2 Å². The second-order valence-electron chi connectivity index (χ2n) is 7.07. The summed E-state index contributed by atoms with van der Waals surface area (Å²) in [6, 6.07) is 10.8. The predicted octanol–water partition coefficient (Wildman–Crippen LogP) is 3.71. The Morgan fingerprint density at radius 3 is 2.39 bits per heavy atom. The number of nitrogens with one attached hydrogen (secondary N) is 2. The lowest BCUT2D eigenvalue weighted by Crippen LogP contribution is -2.36. The molecule has 0 spiro atoms. The lowest BCUT2D eigenvalue weighted by Gasteiger charge is -2.26. The van der Waals surface area contributed by atoms with E-state index in [1.807, 2.05) is 6.07 Å². The number of piperidine rings is 1. The zero-order chi connectivity index (χ0) is 18.9. The third kappa shape index (κ3) is 7.09. The van der Waals surface area contributed by atoms with Crippen LogP contribution in [-0.4, -0.2) is 36.2 Å². The zero-order valence-corrected chi connectivity index (χ0v) is 19.2. The molecular formula is C21H32IN5O. The maximum atomic E-state index is 5.29. The Hall–Kier alpha value is -1.61. The van der Waals surface area contributed by atoms with Gasteiger partial charge in [-0.2, -0.15) is 0 Å². The van der Waals surface area contributed by atoms with Gasteiger partial charge >= 0.3 is 0 Å². The van der Waals surface area contributed by atoms with Gasteiger partial charge in [0.2, 0.25) is 0 Å². The molecule has 7 heteroatoms. The van der Waals surface area contributed by atoms with Crippen molar-refractivity contribution in [2.45, 2.75) is 52.2 Å². The van der Waals surface area contributed by atoms with Gasteiger partial charge in [-0.25, -0.2) is 0 Å². The van der Waals surface area contributed by atoms with E-state index < -0.39 is 0 Å². The molecule has 0 aliphatic carbocycles. The van der Waals surface area contributed by atoms with E-state index in [0.29, 0.717) is 6.54 Å². The molecule has 1 saturated heterocycles. The number of nitrogens with zero attached hydrogens (tertiary/aromatic N) is 3. The standard InChI is InChI=1S/C21H31N5O.HI/c1-3-19-13-20(27-25-19)15-24-21(22-2)23-14-17-7-9-18(10-8-17)16-26-11-5-4-6-12-26;/h7-10,13H,3-6,11-12,14-16H2,1-2H3,(H2,22,23,24);1H. The average molecular weight is 497 g/mol. The smallest absolute Gasteiger partial charge is 0.191 e. The second kappa shape index (κ2) is 12.1. The third-order valence-electron chi connectivity index (χ3n) is 4.96. The summed E-state index contributed by atoms with van der Waals surface area (Å²) >= 11 is 0. The largest absolute Gasteiger partial charge is 0.359 e. The van der Waals surface area contributed by atoms with Crippen molar-refractivity contribution in [3.8, 4) is 0 Å². The minimum Gasteiger partial charge on any atom is -0.359 e. The average Bonchev–Trinajstić information content (AvgIpc) is 3.18. The number of benzene rings is 1. The highest BCUT2D eigenvalue weighted by Gasteiger charge is 2.10. The zero-order valence-electron chi connectivity index (χ0n) is 16.9. The fraction of sp³-hybridized carbons (Fsp3) is 0.524. The Morgan fingerprint density at radius 1 is 1.07 bits per heavy atom. The molecule has 1 aromatic carbocycles. The quantitative estimate of drug-likeness (QED) is 0.347. The van der Waals surface area contributed by atoms with Gasteiger partial charge in [0.1, 0.15) is 0 Å². The summed E-state index contributed by atoms with van der Waals surface area (Å²) in [4.78, 5) is 6.82. The summed E-state index contributed by atoms with van der Waals surface area (Å²) in [6.45, 7) is 6.90. The first-order valence-electron chi connectivity index (χ1n) is 9.96. The molecule has 1 aromatic heterocycles. The van der Waals surface area contributed by atoms with Crippen molar-refractivity contribution in [2.24, 2.45) is 4.99 Å². The van der Waals surface area contributed by atoms with Crippen molar-refractivity contribution >= 4 is 29.9 Å². The Bertz CT molecular complexity index is 723. The van der Waals surface area contributed by atoms with Gasteiger partial charge in [0.05, 0.1) is 12.2 Å². The molecule has 1 aliphatic rings. The summed E-state index contributed by atoms with van der Waals surface area (Å²) in [5.41, 5.74) is 3.60. The number of aromatic nitrogens is 1. The molecule has 3 rings (SSSR count). The van der Waals surface area contributed by atoms with E-state index in [9.17, 15) is 0 Å². The molecule has 0 saturated carbocycles. The normalized spacial score (nSPS) is 15.1. The Balaban J connectivity index is 0.00000280. The molecular weight excluding hydrogens is 465 g/mol. The summed E-state index contributed by atoms with van der Waals surface area (Å²) in [6.07, 6.45) is 4.93. The van der Waals surface area contributed by atoms with Gasteiger partial charge in [-0.3, -0.25) is 9.89 Å². The van der Waals surface area contributed by atoms with E-state index in [1.54, 1.807) is 7.05 Å². The highest BCUT2D eigenvalue weighted by Crippen LogP contribution is 2.13. The van der Waals surface area contributed by atoms with Gasteiger partial charge in [0.25, 0.3) is 0 Å². The van der Waals surface area contributed by atoms with Crippen molar-refractivity contribution in [3.63, 3.8) is 0 Å². The summed E-state index contributed by atoms with van der Waals surface area (Å²) in [7, 11) is 1.77. The van der Waals surface area contributed by atoms with Crippen LogP contribution in [0.5, 0.6) is 0 Å². The first-order valence-corrected chi connectivity index (χ1v) is 9.96. The van der Waals surface area contributed by atoms with Crippen LogP contribution in [0.25, 0.3) is 0 Å².